The lowest BCUT2D eigenvalue weighted by Crippen LogP contribution is -1.91. The van der Waals surface area contributed by atoms with E-state index in [0.717, 1.165) is 22.9 Å². The zero-order chi connectivity index (χ0) is 21.4. The second-order valence-corrected chi connectivity index (χ2v) is 9.43. The zero-order valence-corrected chi connectivity index (χ0v) is 19.4. The summed E-state index contributed by atoms with van der Waals surface area (Å²) >= 11 is 3.65. The van der Waals surface area contributed by atoms with Crippen molar-refractivity contribution in [3.63, 3.8) is 0 Å². The second kappa shape index (κ2) is 11.2. The van der Waals surface area contributed by atoms with Gasteiger partial charge < -0.3 is 17.2 Å². The minimum absolute atomic E-state index is 0.119. The molecule has 0 saturated heterocycles. The highest BCUT2D eigenvalue weighted by atomic mass is 32.1. The van der Waals surface area contributed by atoms with E-state index in [-0.39, 0.29) is 11.0 Å². The average Bonchev–Trinajstić information content (AvgIpc) is 3.29. The van der Waals surface area contributed by atoms with E-state index >= 15 is 0 Å². The molecule has 0 aliphatic heterocycles. The van der Waals surface area contributed by atoms with Crippen LogP contribution in [0.15, 0.2) is 5.38 Å². The summed E-state index contributed by atoms with van der Waals surface area (Å²) < 4.78 is 16.8. The molecule has 7 nitrogen and oxygen atoms in total. The first-order valence-corrected chi connectivity index (χ1v) is 11.2. The maximum absolute atomic E-state index is 12.7. The Hall–Kier alpha value is -1.85. The molecule has 156 valence electrons. The van der Waals surface area contributed by atoms with Gasteiger partial charge in [0.2, 0.25) is 5.13 Å². The standard InChI is InChI=1S/C6H9FN2S.C6H10N2S.C5H9N3S/c1-3(2)4-5(7)10-6(8)9-4;1-4(2)5-3-9-6(7)8-5;1-3(2)4-7-5(6)9-8-4/h3H,1-2H3,(H2,8,9);3-4H,1-2H3,(H2,7,8);3H,1-2H3,(H2,6,7,8). The average molecular weight is 446 g/mol. The fourth-order valence-corrected chi connectivity index (χ4v) is 3.74. The molecule has 3 aromatic heterocycles. The van der Waals surface area contributed by atoms with Gasteiger partial charge >= 0.3 is 0 Å². The van der Waals surface area contributed by atoms with E-state index in [4.69, 9.17) is 17.2 Å². The number of aromatic nitrogens is 4. The number of nitrogens with zero attached hydrogens (tertiary/aromatic N) is 4. The maximum atomic E-state index is 12.7. The fourth-order valence-electron chi connectivity index (χ4n) is 1.73. The van der Waals surface area contributed by atoms with E-state index in [9.17, 15) is 4.39 Å². The normalized spacial score (nSPS) is 10.6. The van der Waals surface area contributed by atoms with E-state index in [0.29, 0.717) is 32.9 Å². The van der Waals surface area contributed by atoms with Crippen molar-refractivity contribution in [3.8, 4) is 0 Å². The molecule has 0 aliphatic carbocycles. The van der Waals surface area contributed by atoms with Crippen LogP contribution in [0.4, 0.5) is 19.8 Å². The number of nitrogens with two attached hydrogens (primary N) is 3. The lowest BCUT2D eigenvalue weighted by atomic mass is 10.2. The molecular formula is C17H28FN7S3. The predicted molar refractivity (Wildman–Crippen MR) is 120 cm³/mol. The summed E-state index contributed by atoms with van der Waals surface area (Å²) in [6.07, 6.45) is 0. The van der Waals surface area contributed by atoms with Crippen LogP contribution in [0.25, 0.3) is 0 Å². The molecule has 0 fully saturated rings. The SMILES string of the molecule is CC(C)c1csc(N)n1.CC(C)c1nc(N)sc1F.CC(C)c1nsc(N)n1. The molecule has 3 rings (SSSR count). The van der Waals surface area contributed by atoms with Gasteiger partial charge in [0.15, 0.2) is 15.4 Å². The van der Waals surface area contributed by atoms with Gasteiger partial charge in [-0.3, -0.25) is 0 Å². The topological polar surface area (TPSA) is 130 Å². The van der Waals surface area contributed by atoms with Crippen molar-refractivity contribution in [2.45, 2.75) is 59.3 Å². The molecule has 0 aromatic carbocycles. The van der Waals surface area contributed by atoms with Gasteiger partial charge in [-0.25, -0.2) is 15.0 Å². The second-order valence-electron chi connectivity index (χ2n) is 6.78. The Kier molecular flexibility index (Phi) is 9.70. The first kappa shape index (κ1) is 24.2. The van der Waals surface area contributed by atoms with Crippen LogP contribution >= 0.6 is 34.2 Å². The van der Waals surface area contributed by atoms with Gasteiger partial charge in [-0.05, 0) is 11.8 Å². The van der Waals surface area contributed by atoms with Crippen molar-refractivity contribution in [3.05, 3.63) is 27.7 Å². The Bertz CT molecular complexity index is 795. The summed E-state index contributed by atoms with van der Waals surface area (Å²) in [6, 6.07) is 0. The molecule has 0 aliphatic rings. The molecule has 0 amide bonds. The molecular weight excluding hydrogens is 417 g/mol. The molecule has 0 radical (unpaired) electrons. The number of hydrogen-bond acceptors (Lipinski definition) is 10. The lowest BCUT2D eigenvalue weighted by Gasteiger charge is -1.96. The van der Waals surface area contributed by atoms with Crippen LogP contribution in [0.3, 0.4) is 0 Å². The Morgan fingerprint density at radius 2 is 1.46 bits per heavy atom. The third kappa shape index (κ3) is 8.03. The van der Waals surface area contributed by atoms with Gasteiger partial charge in [-0.15, -0.1) is 11.3 Å². The summed E-state index contributed by atoms with van der Waals surface area (Å²) in [5.41, 5.74) is 17.6. The molecule has 28 heavy (non-hydrogen) atoms. The van der Waals surface area contributed by atoms with Crippen molar-refractivity contribution in [2.24, 2.45) is 0 Å². The van der Waals surface area contributed by atoms with Gasteiger partial charge in [-0.1, -0.05) is 52.9 Å². The summed E-state index contributed by atoms with van der Waals surface area (Å²) in [5, 5.41) is 3.27. The van der Waals surface area contributed by atoms with Crippen molar-refractivity contribution >= 4 is 49.6 Å². The van der Waals surface area contributed by atoms with E-state index in [2.05, 4.69) is 33.2 Å². The lowest BCUT2D eigenvalue weighted by molar-refractivity contribution is 0.617. The maximum Gasteiger partial charge on any atom is 0.201 e. The smallest absolute Gasteiger partial charge is 0.201 e. The van der Waals surface area contributed by atoms with E-state index in [1.807, 2.05) is 33.1 Å². The van der Waals surface area contributed by atoms with Gasteiger partial charge in [-0.2, -0.15) is 8.76 Å². The Labute approximate surface area is 177 Å². The quantitative estimate of drug-likeness (QED) is 0.512. The van der Waals surface area contributed by atoms with Crippen LogP contribution in [-0.2, 0) is 0 Å². The minimum atomic E-state index is -0.257. The third-order valence-corrected chi connectivity index (χ3v) is 5.22. The first-order chi connectivity index (χ1) is 13.0. The van der Waals surface area contributed by atoms with Crippen molar-refractivity contribution in [1.29, 1.82) is 0 Å². The van der Waals surface area contributed by atoms with Crippen molar-refractivity contribution in [2.75, 3.05) is 17.2 Å². The summed E-state index contributed by atoms with van der Waals surface area (Å²) in [6.45, 7) is 12.1. The molecule has 0 bridgehead atoms. The number of thiazole rings is 2. The van der Waals surface area contributed by atoms with Crippen LogP contribution in [0.1, 0.15) is 76.5 Å². The zero-order valence-electron chi connectivity index (χ0n) is 16.9. The Morgan fingerprint density at radius 3 is 1.68 bits per heavy atom. The van der Waals surface area contributed by atoms with E-state index < -0.39 is 0 Å². The highest BCUT2D eigenvalue weighted by Gasteiger charge is 2.11. The van der Waals surface area contributed by atoms with Crippen LogP contribution < -0.4 is 17.2 Å². The summed E-state index contributed by atoms with van der Waals surface area (Å²) in [4.78, 5) is 11.9. The molecule has 0 spiro atoms. The molecule has 3 aromatic rings. The van der Waals surface area contributed by atoms with E-state index in [1.165, 1.54) is 22.9 Å². The monoisotopic (exact) mass is 445 g/mol. The third-order valence-electron chi connectivity index (χ3n) is 3.28. The largest absolute Gasteiger partial charge is 0.375 e. The molecule has 6 N–H and O–H groups in total. The van der Waals surface area contributed by atoms with Crippen molar-refractivity contribution in [1.82, 2.24) is 19.3 Å². The number of halogens is 1. The highest BCUT2D eigenvalue weighted by molar-refractivity contribution is 7.14. The van der Waals surface area contributed by atoms with Gasteiger partial charge in [0.1, 0.15) is 5.82 Å². The van der Waals surface area contributed by atoms with Crippen LogP contribution in [0.2, 0.25) is 0 Å². The minimum Gasteiger partial charge on any atom is -0.375 e. The summed E-state index contributed by atoms with van der Waals surface area (Å²) in [7, 11) is 0. The number of nitrogen functional groups attached to an aromatic ring is 3. The fraction of sp³-hybridized carbons (Fsp3) is 0.529. The first-order valence-electron chi connectivity index (χ1n) is 8.72. The summed E-state index contributed by atoms with van der Waals surface area (Å²) in [5.74, 6) is 1.85. The number of anilines is 3. The van der Waals surface area contributed by atoms with Crippen molar-refractivity contribution < 1.29 is 4.39 Å². The molecule has 0 atom stereocenters. The van der Waals surface area contributed by atoms with Gasteiger partial charge in [0.05, 0.1) is 11.4 Å². The number of hydrogen-bond donors (Lipinski definition) is 3. The molecule has 3 heterocycles. The Balaban J connectivity index is 0.000000210. The molecule has 0 unspecified atom stereocenters. The van der Waals surface area contributed by atoms with Crippen LogP contribution in [-0.4, -0.2) is 19.3 Å². The van der Waals surface area contributed by atoms with E-state index in [1.54, 1.807) is 0 Å². The Morgan fingerprint density at radius 1 is 0.821 bits per heavy atom. The van der Waals surface area contributed by atoms with Crippen LogP contribution in [0.5, 0.6) is 0 Å². The molecule has 0 saturated carbocycles. The van der Waals surface area contributed by atoms with Crippen LogP contribution in [0, 0.1) is 5.13 Å². The predicted octanol–water partition coefficient (Wildman–Crippen LogP) is 5.08. The molecule has 11 heteroatoms. The highest BCUT2D eigenvalue weighted by Crippen LogP contribution is 2.24. The van der Waals surface area contributed by atoms with Gasteiger partial charge in [0.25, 0.3) is 0 Å². The number of rotatable bonds is 3. The van der Waals surface area contributed by atoms with Gasteiger partial charge in [0, 0.05) is 22.8 Å².